The van der Waals surface area contributed by atoms with Gasteiger partial charge in [-0.25, -0.2) is 0 Å². The second kappa shape index (κ2) is 8.93. The van der Waals surface area contributed by atoms with Crippen molar-refractivity contribution in [3.05, 3.63) is 0 Å². The zero-order valence-corrected chi connectivity index (χ0v) is 17.9. The summed E-state index contributed by atoms with van der Waals surface area (Å²) in [6, 6.07) is 0. The van der Waals surface area contributed by atoms with Gasteiger partial charge in [-0.2, -0.15) is 13.2 Å². The molecule has 0 saturated carbocycles. The standard InChI is InChI=1S/C14H27F3O8P2/c1-10(2)26(19,20)25-9-23-11(18)12(3,4)7-13(5,6)27(21,22)24-8-14(15,16)17/h10H,7-9H2,1-6H3,(H,19,20)(H,21,22). The van der Waals surface area contributed by atoms with Crippen LogP contribution in [0.5, 0.6) is 0 Å². The number of carbonyl (C=O) groups is 1. The van der Waals surface area contributed by atoms with Crippen LogP contribution in [-0.4, -0.2) is 46.1 Å². The lowest BCUT2D eigenvalue weighted by molar-refractivity contribution is -0.162. The van der Waals surface area contributed by atoms with Gasteiger partial charge in [-0.05, 0) is 34.1 Å². The number of hydrogen-bond donors (Lipinski definition) is 2. The van der Waals surface area contributed by atoms with E-state index < -0.39 is 57.0 Å². The third-order valence-corrected chi connectivity index (χ3v) is 7.62. The van der Waals surface area contributed by atoms with E-state index >= 15 is 0 Å². The van der Waals surface area contributed by atoms with Crippen LogP contribution in [0.1, 0.15) is 48.0 Å². The monoisotopic (exact) mass is 442 g/mol. The van der Waals surface area contributed by atoms with Crippen molar-refractivity contribution < 1.29 is 50.7 Å². The van der Waals surface area contributed by atoms with E-state index in [0.29, 0.717) is 0 Å². The van der Waals surface area contributed by atoms with E-state index in [0.717, 1.165) is 0 Å². The fourth-order valence-corrected chi connectivity index (χ4v) is 3.86. The molecule has 0 aromatic rings. The molecule has 0 amide bonds. The Bertz CT molecular complexity index is 616. The fraction of sp³-hybridized carbons (Fsp3) is 0.929. The summed E-state index contributed by atoms with van der Waals surface area (Å²) in [5.74, 6) is -0.921. The molecule has 0 heterocycles. The van der Waals surface area contributed by atoms with Gasteiger partial charge in [0.05, 0.1) is 16.2 Å². The molecule has 0 rings (SSSR count). The lowest BCUT2D eigenvalue weighted by atomic mass is 9.83. The summed E-state index contributed by atoms with van der Waals surface area (Å²) in [7, 11) is -8.69. The number of hydrogen-bond acceptors (Lipinski definition) is 6. The maximum atomic E-state index is 12.2. The van der Waals surface area contributed by atoms with E-state index in [2.05, 4.69) is 9.05 Å². The summed E-state index contributed by atoms with van der Waals surface area (Å²) in [6.07, 6.45) is -5.14. The van der Waals surface area contributed by atoms with Crippen LogP contribution in [0.3, 0.4) is 0 Å². The van der Waals surface area contributed by atoms with Gasteiger partial charge in [0.15, 0.2) is 6.61 Å². The Hall–Kier alpha value is -0.440. The molecular weight excluding hydrogens is 415 g/mol. The fourth-order valence-electron chi connectivity index (χ4n) is 2.09. The number of alkyl halides is 3. The minimum atomic E-state index is -4.78. The van der Waals surface area contributed by atoms with Gasteiger partial charge in [-0.1, -0.05) is 13.8 Å². The predicted molar refractivity (Wildman–Crippen MR) is 91.3 cm³/mol. The maximum Gasteiger partial charge on any atom is 0.412 e. The van der Waals surface area contributed by atoms with E-state index in [1.54, 1.807) is 0 Å². The lowest BCUT2D eigenvalue weighted by Crippen LogP contribution is -2.36. The summed E-state index contributed by atoms with van der Waals surface area (Å²) < 4.78 is 74.1. The van der Waals surface area contributed by atoms with E-state index in [1.807, 2.05) is 0 Å². The molecule has 0 aliphatic carbocycles. The Kier molecular flexibility index (Phi) is 8.78. The summed E-state index contributed by atoms with van der Waals surface area (Å²) in [6.45, 7) is 5.25. The van der Waals surface area contributed by atoms with Crippen molar-refractivity contribution in [2.75, 3.05) is 13.4 Å². The van der Waals surface area contributed by atoms with Crippen molar-refractivity contribution in [2.24, 2.45) is 5.41 Å². The Morgan fingerprint density at radius 3 is 1.93 bits per heavy atom. The van der Waals surface area contributed by atoms with Crippen molar-refractivity contribution in [2.45, 2.75) is 65.0 Å². The first-order valence-electron chi connectivity index (χ1n) is 7.92. The molecule has 27 heavy (non-hydrogen) atoms. The molecule has 162 valence electrons. The quantitative estimate of drug-likeness (QED) is 0.295. The van der Waals surface area contributed by atoms with Crippen LogP contribution in [0, 0.1) is 5.41 Å². The molecule has 0 aliphatic heterocycles. The van der Waals surface area contributed by atoms with Crippen LogP contribution in [0.15, 0.2) is 0 Å². The molecule has 8 nitrogen and oxygen atoms in total. The molecule has 0 fully saturated rings. The topological polar surface area (TPSA) is 119 Å². The Morgan fingerprint density at radius 2 is 1.52 bits per heavy atom. The Labute approximate surface area is 156 Å². The molecule has 2 atom stereocenters. The molecule has 0 spiro atoms. The van der Waals surface area contributed by atoms with Crippen molar-refractivity contribution >= 4 is 21.2 Å². The van der Waals surface area contributed by atoms with Crippen molar-refractivity contribution in [1.29, 1.82) is 0 Å². The van der Waals surface area contributed by atoms with Crippen LogP contribution < -0.4 is 0 Å². The molecule has 0 aliphatic rings. The van der Waals surface area contributed by atoms with Gasteiger partial charge in [0.25, 0.3) is 0 Å². The number of carbonyl (C=O) groups excluding carboxylic acids is 1. The van der Waals surface area contributed by atoms with Gasteiger partial charge in [-0.3, -0.25) is 23.0 Å². The van der Waals surface area contributed by atoms with Crippen molar-refractivity contribution in [1.82, 2.24) is 0 Å². The highest BCUT2D eigenvalue weighted by atomic mass is 31.2. The van der Waals surface area contributed by atoms with E-state index in [-0.39, 0.29) is 6.42 Å². The molecule has 2 unspecified atom stereocenters. The summed E-state index contributed by atoms with van der Waals surface area (Å²) in [4.78, 5) is 31.5. The molecule has 0 saturated heterocycles. The van der Waals surface area contributed by atoms with E-state index in [1.165, 1.54) is 41.5 Å². The van der Waals surface area contributed by atoms with Gasteiger partial charge < -0.3 is 14.5 Å². The number of ether oxygens (including phenoxy) is 1. The average Bonchev–Trinajstić information content (AvgIpc) is 2.42. The first-order valence-corrected chi connectivity index (χ1v) is 11.1. The summed E-state index contributed by atoms with van der Waals surface area (Å²) in [5, 5.41) is -1.70. The van der Waals surface area contributed by atoms with Crippen LogP contribution in [-0.2, 0) is 27.7 Å². The van der Waals surface area contributed by atoms with Gasteiger partial charge in [0.2, 0.25) is 6.79 Å². The normalized spacial score (nSPS) is 18.1. The molecule has 2 N–H and O–H groups in total. The first-order chi connectivity index (χ1) is 11.7. The largest absolute Gasteiger partial charge is 0.438 e. The number of halogens is 3. The van der Waals surface area contributed by atoms with Crippen molar-refractivity contribution in [3.63, 3.8) is 0 Å². The third kappa shape index (κ3) is 8.62. The predicted octanol–water partition coefficient (Wildman–Crippen LogP) is 4.06. The lowest BCUT2D eigenvalue weighted by Gasteiger charge is -2.35. The van der Waals surface area contributed by atoms with Crippen LogP contribution >= 0.6 is 15.2 Å². The molecule has 0 bridgehead atoms. The van der Waals surface area contributed by atoms with E-state index in [9.17, 15) is 36.9 Å². The Morgan fingerprint density at radius 1 is 1.04 bits per heavy atom. The zero-order valence-electron chi connectivity index (χ0n) is 16.1. The summed E-state index contributed by atoms with van der Waals surface area (Å²) in [5.41, 5.74) is -2.13. The van der Waals surface area contributed by atoms with Crippen LogP contribution in [0.25, 0.3) is 0 Å². The molecule has 0 aromatic carbocycles. The molecule has 0 aromatic heterocycles. The number of esters is 1. The zero-order chi connectivity index (χ0) is 21.9. The average molecular weight is 442 g/mol. The highest BCUT2D eigenvalue weighted by Gasteiger charge is 2.48. The van der Waals surface area contributed by atoms with Crippen molar-refractivity contribution in [3.8, 4) is 0 Å². The van der Waals surface area contributed by atoms with Gasteiger partial charge >= 0.3 is 27.3 Å². The number of rotatable bonds is 10. The maximum absolute atomic E-state index is 12.2. The second-order valence-electron chi connectivity index (χ2n) is 7.62. The second-order valence-corrected chi connectivity index (χ2v) is 12.5. The molecular formula is C14H27F3O8P2. The SMILES string of the molecule is CC(C)P(=O)(O)OCOC(=O)C(C)(C)CC(C)(C)P(=O)(O)OCC(F)(F)F. The smallest absolute Gasteiger partial charge is 0.412 e. The van der Waals surface area contributed by atoms with Crippen LogP contribution in [0.4, 0.5) is 13.2 Å². The molecule has 0 radical (unpaired) electrons. The summed E-state index contributed by atoms with van der Waals surface area (Å²) >= 11 is 0. The van der Waals surface area contributed by atoms with Gasteiger partial charge in [0.1, 0.15) is 0 Å². The minimum Gasteiger partial charge on any atom is -0.438 e. The third-order valence-electron chi connectivity index (χ3n) is 3.68. The highest BCUT2D eigenvalue weighted by molar-refractivity contribution is 7.54. The minimum absolute atomic E-state index is 0.356. The van der Waals surface area contributed by atoms with Crippen LogP contribution in [0.2, 0.25) is 0 Å². The molecule has 13 heteroatoms. The first kappa shape index (κ1) is 26.6. The van der Waals surface area contributed by atoms with Gasteiger partial charge in [-0.15, -0.1) is 0 Å². The highest BCUT2D eigenvalue weighted by Crippen LogP contribution is 2.59. The van der Waals surface area contributed by atoms with E-state index in [4.69, 9.17) is 4.74 Å². The Balaban J connectivity index is 4.97. The van der Waals surface area contributed by atoms with Gasteiger partial charge in [0, 0.05) is 0 Å².